The van der Waals surface area contributed by atoms with Crippen molar-refractivity contribution in [3.8, 4) is 0 Å². The Morgan fingerprint density at radius 2 is 1.52 bits per heavy atom. The van der Waals surface area contributed by atoms with Crippen LogP contribution in [0.2, 0.25) is 0 Å². The van der Waals surface area contributed by atoms with Gasteiger partial charge < -0.3 is 10.6 Å². The Morgan fingerprint density at radius 1 is 0.880 bits per heavy atom. The number of hydrogen-bond acceptors (Lipinski definition) is 3. The first kappa shape index (κ1) is 16.7. The van der Waals surface area contributed by atoms with Crippen LogP contribution < -0.4 is 10.6 Å². The summed E-state index contributed by atoms with van der Waals surface area (Å²) in [6.45, 7) is 2.42. The summed E-state index contributed by atoms with van der Waals surface area (Å²) >= 11 is 0. The largest absolute Gasteiger partial charge is 0.317 e. The number of piperidine rings is 1. The molecule has 1 atom stereocenters. The van der Waals surface area contributed by atoms with Gasteiger partial charge in [0.2, 0.25) is 0 Å². The molecule has 1 saturated carbocycles. The summed E-state index contributed by atoms with van der Waals surface area (Å²) in [5.74, 6) is 0. The number of nitrogens with one attached hydrogen (secondary N) is 2. The first-order valence-corrected chi connectivity index (χ1v) is 9.76. The summed E-state index contributed by atoms with van der Waals surface area (Å²) in [4.78, 5) is 4.19. The molecule has 2 heterocycles. The molecule has 1 spiro atoms. The van der Waals surface area contributed by atoms with E-state index in [0.717, 1.165) is 0 Å². The average molecular weight is 335 g/mol. The highest BCUT2D eigenvalue weighted by Crippen LogP contribution is 2.43. The van der Waals surface area contributed by atoms with Crippen molar-refractivity contribution in [2.45, 2.75) is 50.6 Å². The topological polar surface area (TPSA) is 37.0 Å². The van der Waals surface area contributed by atoms with E-state index in [-0.39, 0.29) is 6.04 Å². The van der Waals surface area contributed by atoms with Crippen molar-refractivity contribution in [3.63, 3.8) is 0 Å². The van der Waals surface area contributed by atoms with Crippen molar-refractivity contribution in [1.29, 1.82) is 0 Å². The molecule has 2 aliphatic rings. The van der Waals surface area contributed by atoms with Crippen molar-refractivity contribution < 1.29 is 0 Å². The van der Waals surface area contributed by atoms with E-state index >= 15 is 0 Å². The first-order valence-electron chi connectivity index (χ1n) is 9.76. The van der Waals surface area contributed by atoms with Gasteiger partial charge in [-0.15, -0.1) is 0 Å². The molecule has 0 radical (unpaired) electrons. The molecule has 132 valence electrons. The molecule has 1 aromatic heterocycles. The fraction of sp³-hybridized carbons (Fsp3) is 0.500. The minimum atomic E-state index is 0.260. The Hall–Kier alpha value is -1.71. The van der Waals surface area contributed by atoms with Crippen LogP contribution in [0, 0.1) is 5.41 Å². The molecule has 0 bridgehead atoms. The molecule has 2 N–H and O–H groups in total. The van der Waals surface area contributed by atoms with E-state index in [9.17, 15) is 0 Å². The number of nitrogens with zero attached hydrogens (tertiary/aromatic N) is 1. The maximum Gasteiger partial charge on any atom is 0.0579 e. The number of hydrogen-bond donors (Lipinski definition) is 2. The van der Waals surface area contributed by atoms with Gasteiger partial charge in [0, 0.05) is 18.4 Å². The van der Waals surface area contributed by atoms with Gasteiger partial charge in [-0.2, -0.15) is 0 Å². The second kappa shape index (κ2) is 7.67. The van der Waals surface area contributed by atoms with Gasteiger partial charge in [-0.05, 0) is 80.3 Å². The summed E-state index contributed by atoms with van der Waals surface area (Å²) in [5.41, 5.74) is 3.28. The highest BCUT2D eigenvalue weighted by molar-refractivity contribution is 5.30. The number of benzene rings is 1. The Balaban J connectivity index is 1.46. The zero-order valence-electron chi connectivity index (χ0n) is 15.0. The highest BCUT2D eigenvalue weighted by atomic mass is 15.0. The molecule has 2 aromatic rings. The standard InChI is InChI=1S/C22H29N3/c1-2-4-18(5-3-1)21(19-8-14-23-15-9-19)25-20-6-10-22(11-7-20)12-16-24-17-13-22/h1-5,8-9,14-15,20-21,24-25H,6-7,10-13,16-17H2/t21-/m0/s1. The van der Waals surface area contributed by atoms with Crippen molar-refractivity contribution in [1.82, 2.24) is 15.6 Å². The quantitative estimate of drug-likeness (QED) is 0.884. The maximum atomic E-state index is 4.19. The fourth-order valence-electron chi connectivity index (χ4n) is 4.68. The Bertz CT molecular complexity index is 600. The third-order valence-electron chi connectivity index (χ3n) is 6.29. The minimum absolute atomic E-state index is 0.260. The fourth-order valence-corrected chi connectivity index (χ4v) is 4.68. The van der Waals surface area contributed by atoms with Gasteiger partial charge in [-0.1, -0.05) is 30.3 Å². The zero-order chi connectivity index (χ0) is 17.0. The lowest BCUT2D eigenvalue weighted by Gasteiger charge is -2.44. The van der Waals surface area contributed by atoms with Crippen LogP contribution in [-0.4, -0.2) is 24.1 Å². The molecule has 1 aromatic carbocycles. The van der Waals surface area contributed by atoms with Crippen LogP contribution in [0.1, 0.15) is 55.7 Å². The Labute approximate surface area is 151 Å². The van der Waals surface area contributed by atoms with Crippen LogP contribution in [0.15, 0.2) is 54.9 Å². The van der Waals surface area contributed by atoms with E-state index in [1.54, 1.807) is 0 Å². The van der Waals surface area contributed by atoms with E-state index in [0.29, 0.717) is 11.5 Å². The number of rotatable bonds is 4. The summed E-state index contributed by atoms with van der Waals surface area (Å²) in [6, 6.07) is 16.0. The van der Waals surface area contributed by atoms with Crippen molar-refractivity contribution >= 4 is 0 Å². The van der Waals surface area contributed by atoms with E-state index in [2.05, 4.69) is 58.1 Å². The summed E-state index contributed by atoms with van der Waals surface area (Å²) < 4.78 is 0. The molecular formula is C22H29N3. The van der Waals surface area contributed by atoms with Crippen molar-refractivity contribution in [2.24, 2.45) is 5.41 Å². The molecule has 0 unspecified atom stereocenters. The van der Waals surface area contributed by atoms with Crippen LogP contribution >= 0.6 is 0 Å². The lowest BCUT2D eigenvalue weighted by atomic mass is 9.67. The molecule has 3 nitrogen and oxygen atoms in total. The molecular weight excluding hydrogens is 306 g/mol. The number of aromatic nitrogens is 1. The van der Waals surface area contributed by atoms with E-state index in [4.69, 9.17) is 0 Å². The van der Waals surface area contributed by atoms with E-state index < -0.39 is 0 Å². The van der Waals surface area contributed by atoms with Crippen LogP contribution in [0.5, 0.6) is 0 Å². The summed E-state index contributed by atoms with van der Waals surface area (Å²) in [7, 11) is 0. The van der Waals surface area contributed by atoms with Gasteiger partial charge in [-0.3, -0.25) is 4.98 Å². The second-order valence-corrected chi connectivity index (χ2v) is 7.82. The van der Waals surface area contributed by atoms with Gasteiger partial charge in [0.1, 0.15) is 0 Å². The summed E-state index contributed by atoms with van der Waals surface area (Å²) in [6.07, 6.45) is 11.9. The van der Waals surface area contributed by atoms with Gasteiger partial charge in [0.05, 0.1) is 6.04 Å². The predicted molar refractivity (Wildman–Crippen MR) is 102 cm³/mol. The molecule has 4 rings (SSSR count). The van der Waals surface area contributed by atoms with E-state index in [1.807, 2.05) is 12.4 Å². The third-order valence-corrected chi connectivity index (χ3v) is 6.29. The Morgan fingerprint density at radius 3 is 2.20 bits per heavy atom. The lowest BCUT2D eigenvalue weighted by molar-refractivity contribution is 0.113. The molecule has 25 heavy (non-hydrogen) atoms. The van der Waals surface area contributed by atoms with Crippen LogP contribution in [0.4, 0.5) is 0 Å². The third kappa shape index (κ3) is 3.94. The smallest absolute Gasteiger partial charge is 0.0579 e. The predicted octanol–water partition coefficient (Wildman–Crippen LogP) is 4.07. The average Bonchev–Trinajstić information content (AvgIpc) is 2.70. The van der Waals surface area contributed by atoms with Gasteiger partial charge >= 0.3 is 0 Å². The van der Waals surface area contributed by atoms with Crippen LogP contribution in [0.25, 0.3) is 0 Å². The van der Waals surface area contributed by atoms with E-state index in [1.165, 1.54) is 62.7 Å². The molecule has 1 saturated heterocycles. The Kier molecular flexibility index (Phi) is 5.14. The first-order chi connectivity index (χ1) is 12.3. The monoisotopic (exact) mass is 335 g/mol. The zero-order valence-corrected chi connectivity index (χ0v) is 15.0. The highest BCUT2D eigenvalue weighted by Gasteiger charge is 2.36. The minimum Gasteiger partial charge on any atom is -0.317 e. The molecule has 1 aliphatic heterocycles. The normalized spacial score (nSPS) is 21.9. The molecule has 2 fully saturated rings. The molecule has 1 aliphatic carbocycles. The van der Waals surface area contributed by atoms with Crippen LogP contribution in [-0.2, 0) is 0 Å². The SMILES string of the molecule is c1ccc([C@H](NC2CCC3(CCNCC3)CC2)c2ccncc2)cc1. The number of pyridine rings is 1. The molecule has 3 heteroatoms. The second-order valence-electron chi connectivity index (χ2n) is 7.82. The van der Waals surface area contributed by atoms with Crippen molar-refractivity contribution in [3.05, 3.63) is 66.0 Å². The molecule has 0 amide bonds. The van der Waals surface area contributed by atoms with Gasteiger partial charge in [0.15, 0.2) is 0 Å². The maximum absolute atomic E-state index is 4.19. The van der Waals surface area contributed by atoms with Gasteiger partial charge in [0.25, 0.3) is 0 Å². The summed E-state index contributed by atoms with van der Waals surface area (Å²) in [5, 5.41) is 7.49. The van der Waals surface area contributed by atoms with Crippen molar-refractivity contribution in [2.75, 3.05) is 13.1 Å². The lowest BCUT2D eigenvalue weighted by Crippen LogP contribution is -2.44. The van der Waals surface area contributed by atoms with Crippen LogP contribution in [0.3, 0.4) is 0 Å². The van der Waals surface area contributed by atoms with Gasteiger partial charge in [-0.25, -0.2) is 0 Å².